The van der Waals surface area contributed by atoms with Gasteiger partial charge in [0.25, 0.3) is 0 Å². The minimum absolute atomic E-state index is 0.127. The van der Waals surface area contributed by atoms with Crippen LogP contribution in [0.2, 0.25) is 0 Å². The van der Waals surface area contributed by atoms with Crippen molar-refractivity contribution in [1.82, 2.24) is 14.7 Å². The number of amides is 2. The van der Waals surface area contributed by atoms with Crippen LogP contribution in [0, 0.1) is 0 Å². The van der Waals surface area contributed by atoms with Crippen molar-refractivity contribution in [2.75, 3.05) is 33.7 Å². The number of rotatable bonds is 4. The summed E-state index contributed by atoms with van der Waals surface area (Å²) >= 11 is 0. The topological polar surface area (TPSA) is 43.9 Å². The van der Waals surface area contributed by atoms with E-state index < -0.39 is 0 Å². The Morgan fingerprint density at radius 1 is 1.28 bits per heavy atom. The summed E-state index contributed by atoms with van der Waals surface area (Å²) in [4.78, 5) is 30.2. The van der Waals surface area contributed by atoms with Crippen molar-refractivity contribution < 1.29 is 9.59 Å². The molecule has 0 aliphatic carbocycles. The Labute approximate surface area is 109 Å². The van der Waals surface area contributed by atoms with Gasteiger partial charge in [0.05, 0.1) is 0 Å². The van der Waals surface area contributed by atoms with Gasteiger partial charge in [0.15, 0.2) is 0 Å². The molecule has 2 amide bonds. The highest BCUT2D eigenvalue weighted by molar-refractivity contribution is 5.97. The van der Waals surface area contributed by atoms with E-state index in [0.29, 0.717) is 6.54 Å². The first-order chi connectivity index (χ1) is 8.52. The number of carbonyl (C=O) groups excluding carboxylic acids is 2. The molecule has 5 nitrogen and oxygen atoms in total. The minimum atomic E-state index is -0.283. The van der Waals surface area contributed by atoms with Crippen molar-refractivity contribution in [1.29, 1.82) is 0 Å². The Bertz CT molecular complexity index is 343. The standard InChI is InChI=1S/C13H23N3O2/c1-10-12(17)16-8-4-6-11(16)13(18)15(10)9-5-7-14(2)3/h10-11H,4-9H2,1-3H3. The van der Waals surface area contributed by atoms with Crippen LogP contribution in [0.5, 0.6) is 0 Å². The van der Waals surface area contributed by atoms with Gasteiger partial charge in [-0.3, -0.25) is 9.59 Å². The SMILES string of the molecule is CC1C(=O)N2CCCC2C(=O)N1CCCN(C)C. The van der Waals surface area contributed by atoms with Crippen molar-refractivity contribution in [3.05, 3.63) is 0 Å². The monoisotopic (exact) mass is 253 g/mol. The highest BCUT2D eigenvalue weighted by Crippen LogP contribution is 2.26. The molecule has 2 heterocycles. The molecule has 0 N–H and O–H groups in total. The Morgan fingerprint density at radius 2 is 2.00 bits per heavy atom. The molecule has 0 aromatic carbocycles. The highest BCUT2D eigenvalue weighted by atomic mass is 16.2. The smallest absolute Gasteiger partial charge is 0.246 e. The molecule has 0 saturated carbocycles. The van der Waals surface area contributed by atoms with Gasteiger partial charge in [-0.05, 0) is 46.8 Å². The second kappa shape index (κ2) is 5.26. The van der Waals surface area contributed by atoms with Crippen molar-refractivity contribution >= 4 is 11.8 Å². The molecule has 2 saturated heterocycles. The molecular formula is C13H23N3O2. The van der Waals surface area contributed by atoms with Crippen molar-refractivity contribution in [3.63, 3.8) is 0 Å². The lowest BCUT2D eigenvalue weighted by atomic mass is 10.1. The molecule has 2 aliphatic rings. The maximum atomic E-state index is 12.4. The van der Waals surface area contributed by atoms with Crippen LogP contribution in [0.25, 0.3) is 0 Å². The van der Waals surface area contributed by atoms with Gasteiger partial charge in [0.2, 0.25) is 11.8 Å². The summed E-state index contributed by atoms with van der Waals surface area (Å²) in [7, 11) is 4.04. The van der Waals surface area contributed by atoms with E-state index in [-0.39, 0.29) is 23.9 Å². The molecule has 5 heteroatoms. The van der Waals surface area contributed by atoms with Gasteiger partial charge >= 0.3 is 0 Å². The molecule has 0 aromatic heterocycles. The normalized spacial score (nSPS) is 28.2. The Hall–Kier alpha value is -1.10. The van der Waals surface area contributed by atoms with Gasteiger partial charge in [-0.1, -0.05) is 0 Å². The van der Waals surface area contributed by atoms with E-state index in [9.17, 15) is 9.59 Å². The van der Waals surface area contributed by atoms with Gasteiger partial charge < -0.3 is 14.7 Å². The summed E-state index contributed by atoms with van der Waals surface area (Å²) in [5.41, 5.74) is 0. The summed E-state index contributed by atoms with van der Waals surface area (Å²) in [5, 5.41) is 0. The van der Waals surface area contributed by atoms with E-state index >= 15 is 0 Å². The lowest BCUT2D eigenvalue weighted by Gasteiger charge is -2.41. The van der Waals surface area contributed by atoms with Crippen LogP contribution in [-0.4, -0.2) is 72.3 Å². The fourth-order valence-corrected chi connectivity index (χ4v) is 2.90. The largest absolute Gasteiger partial charge is 0.329 e. The van der Waals surface area contributed by atoms with Crippen LogP contribution in [0.15, 0.2) is 0 Å². The molecular weight excluding hydrogens is 230 g/mol. The molecule has 0 aromatic rings. The van der Waals surface area contributed by atoms with Crippen LogP contribution in [-0.2, 0) is 9.59 Å². The third-order valence-corrected chi connectivity index (χ3v) is 3.93. The molecule has 2 rings (SSSR count). The number of hydrogen-bond acceptors (Lipinski definition) is 3. The molecule has 2 atom stereocenters. The van der Waals surface area contributed by atoms with Gasteiger partial charge in [-0.25, -0.2) is 0 Å². The fraction of sp³-hybridized carbons (Fsp3) is 0.846. The third-order valence-electron chi connectivity index (χ3n) is 3.93. The predicted molar refractivity (Wildman–Crippen MR) is 69.1 cm³/mol. The summed E-state index contributed by atoms with van der Waals surface area (Å²) in [6, 6.07) is -0.456. The summed E-state index contributed by atoms with van der Waals surface area (Å²) in [5.74, 6) is 0.278. The van der Waals surface area contributed by atoms with E-state index in [1.165, 1.54) is 0 Å². The first-order valence-corrected chi connectivity index (χ1v) is 6.78. The lowest BCUT2D eigenvalue weighted by molar-refractivity contribution is -0.158. The molecule has 0 radical (unpaired) electrons. The molecule has 0 spiro atoms. The van der Waals surface area contributed by atoms with Crippen LogP contribution in [0.1, 0.15) is 26.2 Å². The second-order valence-corrected chi connectivity index (χ2v) is 5.55. The Kier molecular flexibility index (Phi) is 3.90. The van der Waals surface area contributed by atoms with E-state index in [2.05, 4.69) is 4.90 Å². The van der Waals surface area contributed by atoms with E-state index in [1.807, 2.05) is 21.0 Å². The summed E-state index contributed by atoms with van der Waals surface area (Å²) in [6.07, 6.45) is 2.71. The van der Waals surface area contributed by atoms with Gasteiger partial charge in [0, 0.05) is 13.1 Å². The molecule has 0 bridgehead atoms. The summed E-state index contributed by atoms with van der Waals surface area (Å²) in [6.45, 7) is 4.24. The zero-order valence-corrected chi connectivity index (χ0v) is 11.6. The Balaban J connectivity index is 2.00. The Morgan fingerprint density at radius 3 is 2.67 bits per heavy atom. The molecule has 2 aliphatic heterocycles. The maximum absolute atomic E-state index is 12.4. The first kappa shape index (κ1) is 13.3. The third kappa shape index (κ3) is 2.36. The lowest BCUT2D eigenvalue weighted by Crippen LogP contribution is -2.62. The molecule has 102 valence electrons. The van der Waals surface area contributed by atoms with Crippen molar-refractivity contribution in [2.24, 2.45) is 0 Å². The van der Waals surface area contributed by atoms with Gasteiger partial charge in [-0.2, -0.15) is 0 Å². The van der Waals surface area contributed by atoms with Crippen LogP contribution in [0.3, 0.4) is 0 Å². The van der Waals surface area contributed by atoms with Gasteiger partial charge in [0.1, 0.15) is 12.1 Å². The maximum Gasteiger partial charge on any atom is 0.246 e. The number of fused-ring (bicyclic) bond motifs is 1. The number of piperazine rings is 1. The van der Waals surface area contributed by atoms with Crippen molar-refractivity contribution in [3.8, 4) is 0 Å². The minimum Gasteiger partial charge on any atom is -0.329 e. The van der Waals surface area contributed by atoms with Gasteiger partial charge in [-0.15, -0.1) is 0 Å². The van der Waals surface area contributed by atoms with E-state index in [4.69, 9.17) is 0 Å². The van der Waals surface area contributed by atoms with E-state index in [1.54, 1.807) is 9.80 Å². The zero-order valence-electron chi connectivity index (χ0n) is 11.6. The molecule has 18 heavy (non-hydrogen) atoms. The van der Waals surface area contributed by atoms with Crippen molar-refractivity contribution in [2.45, 2.75) is 38.3 Å². The highest BCUT2D eigenvalue weighted by Gasteiger charge is 2.45. The predicted octanol–water partition coefficient (Wildman–Crippen LogP) is 0.160. The first-order valence-electron chi connectivity index (χ1n) is 6.78. The molecule has 2 fully saturated rings. The van der Waals surface area contributed by atoms with Crippen LogP contribution < -0.4 is 0 Å². The second-order valence-electron chi connectivity index (χ2n) is 5.55. The zero-order chi connectivity index (χ0) is 13.3. The fourth-order valence-electron chi connectivity index (χ4n) is 2.90. The number of nitrogens with zero attached hydrogens (tertiary/aromatic N) is 3. The van der Waals surface area contributed by atoms with E-state index in [0.717, 1.165) is 32.4 Å². The quantitative estimate of drug-likeness (QED) is 0.717. The average Bonchev–Trinajstić information content (AvgIpc) is 2.79. The average molecular weight is 253 g/mol. The van der Waals surface area contributed by atoms with Crippen LogP contribution in [0.4, 0.5) is 0 Å². The van der Waals surface area contributed by atoms with Crippen LogP contribution >= 0.6 is 0 Å². The molecule has 2 unspecified atom stereocenters. The number of carbonyl (C=O) groups is 2. The summed E-state index contributed by atoms with van der Waals surface area (Å²) < 4.78 is 0. The number of hydrogen-bond donors (Lipinski definition) is 0.